The van der Waals surface area contributed by atoms with E-state index in [2.05, 4.69) is 16.0 Å². The molecule has 0 radical (unpaired) electrons. The van der Waals surface area contributed by atoms with Gasteiger partial charge in [-0.1, -0.05) is 35.9 Å². The molecule has 0 saturated carbocycles. The van der Waals surface area contributed by atoms with E-state index < -0.39 is 11.8 Å². The number of hydrogen-bond donors (Lipinski definition) is 3. The zero-order valence-electron chi connectivity index (χ0n) is 15.5. The fourth-order valence-corrected chi connectivity index (χ4v) is 2.59. The molecule has 0 aliphatic heterocycles. The monoisotopic (exact) mass is 403 g/mol. The zero-order valence-corrected chi connectivity index (χ0v) is 16.2. The van der Waals surface area contributed by atoms with Crippen LogP contribution in [0.4, 0.5) is 5.69 Å². The molecule has 0 fully saturated rings. The van der Waals surface area contributed by atoms with E-state index in [0.717, 1.165) is 0 Å². The largest absolute Gasteiger partial charge is 0.492 e. The molecule has 0 unspecified atom stereocenters. The molecule has 0 spiro atoms. The summed E-state index contributed by atoms with van der Waals surface area (Å²) in [6.07, 6.45) is -0.334. The minimum atomic E-state index is -0.454. The van der Waals surface area contributed by atoms with E-state index in [1.807, 2.05) is 6.92 Å². The average Bonchev–Trinajstić information content (AvgIpc) is 2.67. The Morgan fingerprint density at radius 2 is 1.61 bits per heavy atom. The van der Waals surface area contributed by atoms with Crippen molar-refractivity contribution in [3.05, 3.63) is 59.1 Å². The highest BCUT2D eigenvalue weighted by molar-refractivity contribution is 6.33. The van der Waals surface area contributed by atoms with Crippen molar-refractivity contribution in [2.24, 2.45) is 0 Å². The number of nitrogens with one attached hydrogen (secondary N) is 3. The van der Waals surface area contributed by atoms with Crippen molar-refractivity contribution in [3.63, 3.8) is 0 Å². The molecule has 148 valence electrons. The van der Waals surface area contributed by atoms with Gasteiger partial charge in [0.25, 0.3) is 5.91 Å². The Kier molecular flexibility index (Phi) is 8.30. The summed E-state index contributed by atoms with van der Waals surface area (Å²) in [4.78, 5) is 35.9. The molecule has 0 heterocycles. The van der Waals surface area contributed by atoms with Gasteiger partial charge in [0.15, 0.2) is 0 Å². The summed E-state index contributed by atoms with van der Waals surface area (Å²) in [5, 5.41) is 8.24. The number of rotatable bonds is 9. The lowest BCUT2D eigenvalue weighted by atomic mass is 10.2. The summed E-state index contributed by atoms with van der Waals surface area (Å²) in [6, 6.07) is 13.7. The number of hydrogen-bond acceptors (Lipinski definition) is 4. The average molecular weight is 404 g/mol. The molecule has 0 bridgehead atoms. The molecule has 3 amide bonds. The van der Waals surface area contributed by atoms with Crippen LogP contribution >= 0.6 is 11.6 Å². The van der Waals surface area contributed by atoms with Crippen LogP contribution in [0, 0.1) is 0 Å². The van der Waals surface area contributed by atoms with Crippen LogP contribution in [0.2, 0.25) is 5.02 Å². The van der Waals surface area contributed by atoms with Crippen molar-refractivity contribution in [1.82, 2.24) is 10.6 Å². The van der Waals surface area contributed by atoms with Crippen molar-refractivity contribution in [2.45, 2.75) is 13.3 Å². The van der Waals surface area contributed by atoms with Gasteiger partial charge in [-0.2, -0.15) is 0 Å². The lowest BCUT2D eigenvalue weighted by molar-refractivity contribution is -0.126. The fourth-order valence-electron chi connectivity index (χ4n) is 2.37. The first-order valence-electron chi connectivity index (χ1n) is 8.82. The lowest BCUT2D eigenvalue weighted by Crippen LogP contribution is -2.36. The fraction of sp³-hybridized carbons (Fsp3) is 0.250. The number of halogens is 1. The predicted molar refractivity (Wildman–Crippen MR) is 108 cm³/mol. The zero-order chi connectivity index (χ0) is 20.4. The second-order valence-electron chi connectivity index (χ2n) is 5.74. The summed E-state index contributed by atoms with van der Waals surface area (Å²) in [5.74, 6) is -0.686. The van der Waals surface area contributed by atoms with E-state index >= 15 is 0 Å². The second kappa shape index (κ2) is 10.9. The topological polar surface area (TPSA) is 96.5 Å². The Morgan fingerprint density at radius 1 is 0.929 bits per heavy atom. The molecule has 28 heavy (non-hydrogen) atoms. The van der Waals surface area contributed by atoms with Crippen LogP contribution in [0.25, 0.3) is 0 Å². The van der Waals surface area contributed by atoms with Crippen molar-refractivity contribution in [1.29, 1.82) is 0 Å². The van der Waals surface area contributed by atoms with E-state index in [-0.39, 0.29) is 25.4 Å². The summed E-state index contributed by atoms with van der Waals surface area (Å²) < 4.78 is 5.42. The Balaban J connectivity index is 1.72. The van der Waals surface area contributed by atoms with Gasteiger partial charge >= 0.3 is 0 Å². The van der Waals surface area contributed by atoms with E-state index in [1.54, 1.807) is 48.5 Å². The first-order valence-corrected chi connectivity index (χ1v) is 9.20. The molecule has 0 aliphatic rings. The third kappa shape index (κ3) is 6.59. The van der Waals surface area contributed by atoms with Crippen molar-refractivity contribution < 1.29 is 19.1 Å². The SMILES string of the molecule is CCOc1ccccc1NC(=O)CC(=O)NCCNC(=O)c1ccccc1Cl. The van der Waals surface area contributed by atoms with Crippen LogP contribution in [0.3, 0.4) is 0 Å². The van der Waals surface area contributed by atoms with E-state index in [4.69, 9.17) is 16.3 Å². The normalized spacial score (nSPS) is 10.1. The molecular weight excluding hydrogens is 382 g/mol. The summed E-state index contributed by atoms with van der Waals surface area (Å²) in [5.41, 5.74) is 0.872. The molecule has 2 aromatic rings. The van der Waals surface area contributed by atoms with Crippen LogP contribution < -0.4 is 20.7 Å². The quantitative estimate of drug-likeness (QED) is 0.443. The minimum Gasteiger partial charge on any atom is -0.492 e. The van der Waals surface area contributed by atoms with Gasteiger partial charge in [-0.15, -0.1) is 0 Å². The molecule has 7 nitrogen and oxygen atoms in total. The van der Waals surface area contributed by atoms with Gasteiger partial charge in [-0.25, -0.2) is 0 Å². The molecule has 0 aromatic heterocycles. The van der Waals surface area contributed by atoms with Gasteiger partial charge in [0.2, 0.25) is 11.8 Å². The number of carbonyl (C=O) groups excluding carboxylic acids is 3. The second-order valence-corrected chi connectivity index (χ2v) is 6.15. The van der Waals surface area contributed by atoms with Crippen LogP contribution in [0.15, 0.2) is 48.5 Å². The number of benzene rings is 2. The summed E-state index contributed by atoms with van der Waals surface area (Å²) in [7, 11) is 0. The number of carbonyl (C=O) groups is 3. The van der Waals surface area contributed by atoms with E-state index in [1.165, 1.54) is 0 Å². The maximum atomic E-state index is 12.0. The maximum absolute atomic E-state index is 12.0. The first kappa shape index (κ1) is 21.2. The maximum Gasteiger partial charge on any atom is 0.252 e. The number of amides is 3. The van der Waals surface area contributed by atoms with Gasteiger partial charge in [0.05, 0.1) is 22.9 Å². The van der Waals surface area contributed by atoms with Crippen LogP contribution in [0.5, 0.6) is 5.75 Å². The molecule has 0 atom stereocenters. The third-order valence-electron chi connectivity index (χ3n) is 3.63. The summed E-state index contributed by atoms with van der Waals surface area (Å²) >= 11 is 5.95. The number of anilines is 1. The van der Waals surface area contributed by atoms with Gasteiger partial charge in [0, 0.05) is 13.1 Å². The molecule has 8 heteroatoms. The highest BCUT2D eigenvalue weighted by atomic mass is 35.5. The predicted octanol–water partition coefficient (Wildman–Crippen LogP) is 2.61. The molecule has 2 aromatic carbocycles. The van der Waals surface area contributed by atoms with Gasteiger partial charge in [0.1, 0.15) is 12.2 Å². The van der Waals surface area contributed by atoms with Gasteiger partial charge in [-0.3, -0.25) is 14.4 Å². The highest BCUT2D eigenvalue weighted by Crippen LogP contribution is 2.23. The highest BCUT2D eigenvalue weighted by Gasteiger charge is 2.12. The van der Waals surface area contributed by atoms with Crippen molar-refractivity contribution >= 4 is 35.0 Å². The van der Waals surface area contributed by atoms with Gasteiger partial charge in [-0.05, 0) is 31.2 Å². The minimum absolute atomic E-state index is 0.192. The van der Waals surface area contributed by atoms with E-state index in [0.29, 0.717) is 28.6 Å². The molecular formula is C20H22ClN3O4. The van der Waals surface area contributed by atoms with E-state index in [9.17, 15) is 14.4 Å². The van der Waals surface area contributed by atoms with Crippen LogP contribution in [-0.2, 0) is 9.59 Å². The molecule has 0 aliphatic carbocycles. The first-order chi connectivity index (χ1) is 13.5. The molecule has 3 N–H and O–H groups in total. The molecule has 0 saturated heterocycles. The number of ether oxygens (including phenoxy) is 1. The number of para-hydroxylation sites is 2. The van der Waals surface area contributed by atoms with Gasteiger partial charge < -0.3 is 20.7 Å². The standard InChI is InChI=1S/C20H22ClN3O4/c1-2-28-17-10-6-5-9-16(17)24-19(26)13-18(25)22-11-12-23-20(27)14-7-3-4-8-15(14)21/h3-10H,2,11-13H2,1H3,(H,22,25)(H,23,27)(H,24,26). The Labute approximate surface area is 168 Å². The van der Waals surface area contributed by atoms with Crippen LogP contribution in [-0.4, -0.2) is 37.4 Å². The smallest absolute Gasteiger partial charge is 0.252 e. The summed E-state index contributed by atoms with van der Waals surface area (Å²) in [6.45, 7) is 2.71. The Hall–Kier alpha value is -3.06. The van der Waals surface area contributed by atoms with Crippen molar-refractivity contribution in [3.8, 4) is 5.75 Å². The molecule has 2 rings (SSSR count). The Bertz CT molecular complexity index is 842. The van der Waals surface area contributed by atoms with Crippen molar-refractivity contribution in [2.75, 3.05) is 25.0 Å². The Morgan fingerprint density at radius 3 is 2.36 bits per heavy atom. The third-order valence-corrected chi connectivity index (χ3v) is 3.96. The van der Waals surface area contributed by atoms with Crippen LogP contribution in [0.1, 0.15) is 23.7 Å². The lowest BCUT2D eigenvalue weighted by Gasteiger charge is -2.11.